The number of halogens is 1. The predicted molar refractivity (Wildman–Crippen MR) is 72.2 cm³/mol. The summed E-state index contributed by atoms with van der Waals surface area (Å²) in [5.41, 5.74) is -0.200. The number of amides is 1. The van der Waals surface area contributed by atoms with Crippen LogP contribution in [-0.2, 0) is 10.0 Å². The number of carbonyl (C=O) groups is 1. The fourth-order valence-corrected chi connectivity index (χ4v) is 3.02. The van der Waals surface area contributed by atoms with Crippen molar-refractivity contribution in [3.8, 4) is 0 Å². The highest BCUT2D eigenvalue weighted by Gasteiger charge is 2.23. The largest absolute Gasteiger partial charge is 0.349 e. The second-order valence-corrected chi connectivity index (χ2v) is 6.66. The normalized spacial score (nSPS) is 16.4. The summed E-state index contributed by atoms with van der Waals surface area (Å²) in [6.07, 6.45) is 3.79. The third kappa shape index (κ3) is 3.16. The van der Waals surface area contributed by atoms with Crippen molar-refractivity contribution in [3.63, 3.8) is 0 Å². The quantitative estimate of drug-likeness (QED) is 0.885. The molecule has 3 N–H and O–H groups in total. The second kappa shape index (κ2) is 5.49. The van der Waals surface area contributed by atoms with E-state index in [4.69, 9.17) is 5.14 Å². The van der Waals surface area contributed by atoms with Crippen molar-refractivity contribution in [2.75, 3.05) is 0 Å². The van der Waals surface area contributed by atoms with Gasteiger partial charge in [-0.25, -0.2) is 17.9 Å². The van der Waals surface area contributed by atoms with Crippen molar-refractivity contribution < 1.29 is 17.6 Å². The zero-order chi connectivity index (χ0) is 14.9. The molecule has 110 valence electrons. The van der Waals surface area contributed by atoms with Crippen molar-refractivity contribution in [2.24, 2.45) is 5.14 Å². The number of hydrogen-bond donors (Lipinski definition) is 2. The average Bonchev–Trinajstić information content (AvgIpc) is 2.83. The van der Waals surface area contributed by atoms with Crippen LogP contribution in [0.2, 0.25) is 0 Å². The summed E-state index contributed by atoms with van der Waals surface area (Å²) in [6.45, 7) is 1.40. The van der Waals surface area contributed by atoms with Gasteiger partial charge in [-0.15, -0.1) is 0 Å². The highest BCUT2D eigenvalue weighted by atomic mass is 32.2. The number of nitrogens with one attached hydrogen (secondary N) is 1. The molecule has 1 amide bonds. The predicted octanol–water partition coefficient (Wildman–Crippen LogP) is 1.45. The summed E-state index contributed by atoms with van der Waals surface area (Å²) in [5.74, 6) is -1.31. The molecule has 0 heterocycles. The van der Waals surface area contributed by atoms with E-state index in [9.17, 15) is 17.6 Å². The summed E-state index contributed by atoms with van der Waals surface area (Å²) in [5, 5.41) is 7.75. The molecule has 20 heavy (non-hydrogen) atoms. The molecule has 1 aromatic rings. The zero-order valence-corrected chi connectivity index (χ0v) is 12.0. The van der Waals surface area contributed by atoms with Gasteiger partial charge in [0.15, 0.2) is 0 Å². The molecule has 0 saturated heterocycles. The summed E-state index contributed by atoms with van der Waals surface area (Å²) in [6, 6.07) is 2.14. The Morgan fingerprint density at radius 1 is 1.35 bits per heavy atom. The molecule has 1 aliphatic rings. The first-order valence-corrected chi connectivity index (χ1v) is 7.97. The number of primary sulfonamides is 1. The third-order valence-corrected chi connectivity index (χ3v) is 4.38. The lowest BCUT2D eigenvalue weighted by atomic mass is 10.1. The van der Waals surface area contributed by atoms with E-state index in [1.54, 1.807) is 0 Å². The van der Waals surface area contributed by atoms with E-state index in [1.165, 1.54) is 6.92 Å². The Kier molecular flexibility index (Phi) is 4.10. The van der Waals surface area contributed by atoms with E-state index >= 15 is 0 Å². The third-order valence-electron chi connectivity index (χ3n) is 3.49. The molecule has 1 saturated carbocycles. The van der Waals surface area contributed by atoms with Crippen LogP contribution in [0.4, 0.5) is 4.39 Å². The van der Waals surface area contributed by atoms with Crippen LogP contribution in [0.15, 0.2) is 17.0 Å². The van der Waals surface area contributed by atoms with Crippen molar-refractivity contribution in [1.82, 2.24) is 5.32 Å². The Morgan fingerprint density at radius 2 is 1.95 bits per heavy atom. The van der Waals surface area contributed by atoms with Gasteiger partial charge in [0.25, 0.3) is 5.91 Å². The second-order valence-electron chi connectivity index (χ2n) is 5.10. The molecular formula is C13H17FN2O3S. The van der Waals surface area contributed by atoms with Crippen LogP contribution < -0.4 is 10.5 Å². The number of hydrogen-bond acceptors (Lipinski definition) is 3. The smallest absolute Gasteiger partial charge is 0.254 e. The molecule has 0 atom stereocenters. The van der Waals surface area contributed by atoms with Crippen LogP contribution >= 0.6 is 0 Å². The number of sulfonamides is 1. The molecule has 1 aliphatic carbocycles. The molecule has 2 rings (SSSR count). The topological polar surface area (TPSA) is 89.3 Å². The minimum absolute atomic E-state index is 0.0281. The van der Waals surface area contributed by atoms with Gasteiger partial charge in [0.2, 0.25) is 10.0 Å². The first-order chi connectivity index (χ1) is 9.29. The number of nitrogens with two attached hydrogens (primary N) is 1. The van der Waals surface area contributed by atoms with E-state index in [0.29, 0.717) is 0 Å². The summed E-state index contributed by atoms with van der Waals surface area (Å²) in [4.78, 5) is 11.8. The first-order valence-electron chi connectivity index (χ1n) is 6.43. The van der Waals surface area contributed by atoms with E-state index < -0.39 is 21.7 Å². The fourth-order valence-electron chi connectivity index (χ4n) is 2.40. The number of aryl methyl sites for hydroxylation is 1. The Morgan fingerprint density at radius 3 is 2.50 bits per heavy atom. The van der Waals surface area contributed by atoms with Crippen LogP contribution in [0.25, 0.3) is 0 Å². The van der Waals surface area contributed by atoms with Gasteiger partial charge < -0.3 is 5.32 Å². The molecular weight excluding hydrogens is 283 g/mol. The maximum absolute atomic E-state index is 14.0. The van der Waals surface area contributed by atoms with E-state index in [0.717, 1.165) is 37.8 Å². The Hall–Kier alpha value is -1.47. The lowest BCUT2D eigenvalue weighted by Gasteiger charge is -2.13. The maximum atomic E-state index is 14.0. The van der Waals surface area contributed by atoms with Crippen LogP contribution in [0.5, 0.6) is 0 Å². The molecule has 7 heteroatoms. The van der Waals surface area contributed by atoms with Crippen LogP contribution in [0.3, 0.4) is 0 Å². The van der Waals surface area contributed by atoms with Gasteiger partial charge in [0.05, 0.1) is 10.5 Å². The molecule has 1 fully saturated rings. The summed E-state index contributed by atoms with van der Waals surface area (Å²) < 4.78 is 36.7. The minimum Gasteiger partial charge on any atom is -0.349 e. The van der Waals surface area contributed by atoms with Gasteiger partial charge in [-0.05, 0) is 37.5 Å². The highest BCUT2D eigenvalue weighted by Crippen LogP contribution is 2.21. The van der Waals surface area contributed by atoms with Gasteiger partial charge in [0.1, 0.15) is 5.82 Å². The van der Waals surface area contributed by atoms with Gasteiger partial charge >= 0.3 is 0 Å². The van der Waals surface area contributed by atoms with E-state index in [1.807, 2.05) is 0 Å². The zero-order valence-electron chi connectivity index (χ0n) is 11.1. The van der Waals surface area contributed by atoms with E-state index in [2.05, 4.69) is 5.32 Å². The molecule has 1 aromatic carbocycles. The SMILES string of the molecule is Cc1cc(S(N)(=O)=O)cc(C(=O)NC2CCCC2)c1F. The first kappa shape index (κ1) is 14.9. The minimum atomic E-state index is -3.97. The maximum Gasteiger partial charge on any atom is 0.254 e. The van der Waals surface area contributed by atoms with Gasteiger partial charge in [-0.3, -0.25) is 4.79 Å². The van der Waals surface area contributed by atoms with Crippen LogP contribution in [0.1, 0.15) is 41.6 Å². The van der Waals surface area contributed by atoms with E-state index in [-0.39, 0.29) is 22.1 Å². The Labute approximate surface area is 117 Å². The van der Waals surface area contributed by atoms with Crippen LogP contribution in [0, 0.1) is 12.7 Å². The van der Waals surface area contributed by atoms with Crippen LogP contribution in [-0.4, -0.2) is 20.4 Å². The summed E-state index contributed by atoms with van der Waals surface area (Å²) in [7, 11) is -3.97. The van der Waals surface area contributed by atoms with Gasteiger partial charge in [0, 0.05) is 6.04 Å². The lowest BCUT2D eigenvalue weighted by Crippen LogP contribution is -2.33. The molecule has 0 aliphatic heterocycles. The highest BCUT2D eigenvalue weighted by molar-refractivity contribution is 7.89. The molecule has 0 unspecified atom stereocenters. The molecule has 0 spiro atoms. The fraction of sp³-hybridized carbons (Fsp3) is 0.462. The number of benzene rings is 1. The summed E-state index contributed by atoms with van der Waals surface area (Å²) >= 11 is 0. The molecule has 0 aromatic heterocycles. The molecule has 5 nitrogen and oxygen atoms in total. The van der Waals surface area contributed by atoms with Crippen molar-refractivity contribution in [2.45, 2.75) is 43.5 Å². The van der Waals surface area contributed by atoms with Crippen molar-refractivity contribution in [3.05, 3.63) is 29.1 Å². The van der Waals surface area contributed by atoms with Gasteiger partial charge in [-0.2, -0.15) is 0 Å². The number of carbonyl (C=O) groups excluding carboxylic acids is 1. The molecule has 0 bridgehead atoms. The standard InChI is InChI=1S/C13H17FN2O3S/c1-8-6-10(20(15,18)19)7-11(12(8)14)13(17)16-9-4-2-3-5-9/h6-7,9H,2-5H2,1H3,(H,16,17)(H2,15,18,19). The van der Waals surface area contributed by atoms with Crippen molar-refractivity contribution >= 4 is 15.9 Å². The average molecular weight is 300 g/mol. The monoisotopic (exact) mass is 300 g/mol. The van der Waals surface area contributed by atoms with Crippen molar-refractivity contribution in [1.29, 1.82) is 0 Å². The van der Waals surface area contributed by atoms with Gasteiger partial charge in [-0.1, -0.05) is 12.8 Å². The Bertz CT molecular complexity index is 637. The lowest BCUT2D eigenvalue weighted by molar-refractivity contribution is 0.0933. The Balaban J connectivity index is 2.34. The molecule has 0 radical (unpaired) electrons. The number of rotatable bonds is 3.